The summed E-state index contributed by atoms with van der Waals surface area (Å²) in [6, 6.07) is 4.01. The molecule has 0 atom stereocenters. The van der Waals surface area contributed by atoms with Gasteiger partial charge in [0.1, 0.15) is 0 Å². The van der Waals surface area contributed by atoms with Gasteiger partial charge in [-0.15, -0.1) is 0 Å². The molecule has 0 spiro atoms. The van der Waals surface area contributed by atoms with Gasteiger partial charge >= 0.3 is 0 Å². The maximum absolute atomic E-state index is 10.4. The van der Waals surface area contributed by atoms with E-state index in [0.29, 0.717) is 0 Å². The topological polar surface area (TPSA) is 48.4 Å². The number of nitrogens with one attached hydrogen (secondary N) is 1. The van der Waals surface area contributed by atoms with E-state index in [1.807, 2.05) is 19.3 Å². The van der Waals surface area contributed by atoms with E-state index in [1.54, 1.807) is 6.20 Å². The molecule has 1 saturated heterocycles. The van der Waals surface area contributed by atoms with Gasteiger partial charge in [0, 0.05) is 25.5 Å². The first-order valence-corrected chi connectivity index (χ1v) is 6.19. The van der Waals surface area contributed by atoms with E-state index in [1.165, 1.54) is 5.56 Å². The second-order valence-corrected chi connectivity index (χ2v) is 5.01. The highest BCUT2D eigenvalue weighted by Crippen LogP contribution is 2.19. The Balaban J connectivity index is 1.86. The Morgan fingerprint density at radius 3 is 2.88 bits per heavy atom. The van der Waals surface area contributed by atoms with Gasteiger partial charge in [-0.2, -0.15) is 0 Å². The van der Waals surface area contributed by atoms with Crippen molar-refractivity contribution in [1.82, 2.24) is 15.2 Å². The number of aliphatic hydroxyl groups is 1. The highest BCUT2D eigenvalue weighted by atomic mass is 16.3. The van der Waals surface area contributed by atoms with Gasteiger partial charge in [-0.1, -0.05) is 6.07 Å². The summed E-state index contributed by atoms with van der Waals surface area (Å²) in [7, 11) is 2.05. The van der Waals surface area contributed by atoms with Gasteiger partial charge in [-0.05, 0) is 44.6 Å². The van der Waals surface area contributed by atoms with Crippen molar-refractivity contribution in [1.29, 1.82) is 0 Å². The summed E-state index contributed by atoms with van der Waals surface area (Å²) in [5.41, 5.74) is 0.662. The van der Waals surface area contributed by atoms with Crippen LogP contribution in [-0.4, -0.2) is 47.3 Å². The zero-order valence-corrected chi connectivity index (χ0v) is 10.4. The molecule has 2 rings (SSSR count). The third-order valence-electron chi connectivity index (χ3n) is 3.27. The zero-order valence-electron chi connectivity index (χ0n) is 10.4. The molecule has 0 aliphatic carbocycles. The Morgan fingerprint density at radius 1 is 1.47 bits per heavy atom. The van der Waals surface area contributed by atoms with Crippen molar-refractivity contribution in [2.75, 3.05) is 26.7 Å². The number of hydrogen-bond acceptors (Lipinski definition) is 4. The van der Waals surface area contributed by atoms with Crippen molar-refractivity contribution in [2.24, 2.45) is 0 Å². The average molecular weight is 235 g/mol. The van der Waals surface area contributed by atoms with Crippen LogP contribution in [0, 0.1) is 0 Å². The second kappa shape index (κ2) is 5.58. The summed E-state index contributed by atoms with van der Waals surface area (Å²) < 4.78 is 0. The van der Waals surface area contributed by atoms with Crippen LogP contribution in [0.3, 0.4) is 0 Å². The number of pyridine rings is 1. The van der Waals surface area contributed by atoms with Crippen molar-refractivity contribution >= 4 is 0 Å². The molecule has 1 fully saturated rings. The van der Waals surface area contributed by atoms with Gasteiger partial charge in [0.2, 0.25) is 0 Å². The number of hydrogen-bond donors (Lipinski definition) is 2. The van der Waals surface area contributed by atoms with Crippen molar-refractivity contribution in [2.45, 2.75) is 25.0 Å². The Kier molecular flexibility index (Phi) is 4.10. The number of likely N-dealkylation sites (N-methyl/N-ethyl adjacent to an activating group) is 1. The van der Waals surface area contributed by atoms with Crippen LogP contribution < -0.4 is 5.32 Å². The molecule has 1 aromatic rings. The molecule has 0 radical (unpaired) electrons. The van der Waals surface area contributed by atoms with Gasteiger partial charge < -0.3 is 10.4 Å². The number of nitrogens with zero attached hydrogens (tertiary/aromatic N) is 2. The van der Waals surface area contributed by atoms with Crippen LogP contribution in [0.15, 0.2) is 24.5 Å². The summed E-state index contributed by atoms with van der Waals surface area (Å²) in [4.78, 5) is 6.27. The molecule has 1 aliphatic rings. The van der Waals surface area contributed by atoms with E-state index >= 15 is 0 Å². The SMILES string of the molecule is CN(Cc1cccnc1)CC1(O)CCNCC1. The molecule has 2 N–H and O–H groups in total. The fourth-order valence-electron chi connectivity index (χ4n) is 2.41. The monoisotopic (exact) mass is 235 g/mol. The normalized spacial score (nSPS) is 19.5. The summed E-state index contributed by atoms with van der Waals surface area (Å²) >= 11 is 0. The molecule has 2 heterocycles. The predicted molar refractivity (Wildman–Crippen MR) is 67.6 cm³/mol. The first-order chi connectivity index (χ1) is 8.18. The van der Waals surface area contributed by atoms with Crippen molar-refractivity contribution in [3.05, 3.63) is 30.1 Å². The minimum atomic E-state index is -0.526. The Morgan fingerprint density at radius 2 is 2.24 bits per heavy atom. The van der Waals surface area contributed by atoms with Gasteiger partial charge in [0.05, 0.1) is 5.60 Å². The van der Waals surface area contributed by atoms with Crippen LogP contribution in [0.25, 0.3) is 0 Å². The minimum Gasteiger partial charge on any atom is -0.388 e. The molecule has 17 heavy (non-hydrogen) atoms. The smallest absolute Gasteiger partial charge is 0.0798 e. The lowest BCUT2D eigenvalue weighted by Crippen LogP contribution is -2.48. The summed E-state index contributed by atoms with van der Waals surface area (Å²) in [6.07, 6.45) is 5.33. The highest BCUT2D eigenvalue weighted by molar-refractivity contribution is 5.08. The predicted octanol–water partition coefficient (Wildman–Crippen LogP) is 0.628. The van der Waals surface area contributed by atoms with Crippen LogP contribution in [0.4, 0.5) is 0 Å². The summed E-state index contributed by atoms with van der Waals surface area (Å²) in [5.74, 6) is 0. The fourth-order valence-corrected chi connectivity index (χ4v) is 2.41. The minimum absolute atomic E-state index is 0.526. The summed E-state index contributed by atoms with van der Waals surface area (Å²) in [6.45, 7) is 3.39. The third-order valence-corrected chi connectivity index (χ3v) is 3.27. The average Bonchev–Trinajstić information content (AvgIpc) is 2.30. The molecule has 1 aromatic heterocycles. The van der Waals surface area contributed by atoms with Crippen LogP contribution in [0.1, 0.15) is 18.4 Å². The molecular weight excluding hydrogens is 214 g/mol. The second-order valence-electron chi connectivity index (χ2n) is 5.01. The van der Waals surface area contributed by atoms with E-state index in [9.17, 15) is 5.11 Å². The highest BCUT2D eigenvalue weighted by Gasteiger charge is 2.30. The molecule has 0 bridgehead atoms. The van der Waals surface area contributed by atoms with Crippen LogP contribution in [0.5, 0.6) is 0 Å². The maximum Gasteiger partial charge on any atom is 0.0798 e. The molecule has 4 nitrogen and oxygen atoms in total. The lowest BCUT2D eigenvalue weighted by atomic mass is 9.92. The first kappa shape index (κ1) is 12.5. The van der Waals surface area contributed by atoms with E-state index in [4.69, 9.17) is 0 Å². The van der Waals surface area contributed by atoms with E-state index in [-0.39, 0.29) is 0 Å². The molecular formula is C13H21N3O. The van der Waals surface area contributed by atoms with Crippen LogP contribution >= 0.6 is 0 Å². The van der Waals surface area contributed by atoms with Crippen molar-refractivity contribution in [3.63, 3.8) is 0 Å². The lowest BCUT2D eigenvalue weighted by molar-refractivity contribution is -0.0168. The molecule has 0 amide bonds. The number of aromatic nitrogens is 1. The first-order valence-electron chi connectivity index (χ1n) is 6.19. The Labute approximate surface area is 103 Å². The molecule has 0 aromatic carbocycles. The number of piperidine rings is 1. The van der Waals surface area contributed by atoms with Gasteiger partial charge in [0.25, 0.3) is 0 Å². The van der Waals surface area contributed by atoms with E-state index in [2.05, 4.69) is 21.3 Å². The van der Waals surface area contributed by atoms with Crippen LogP contribution in [-0.2, 0) is 6.54 Å². The zero-order chi connectivity index (χ0) is 12.1. The third kappa shape index (κ3) is 3.77. The van der Waals surface area contributed by atoms with E-state index < -0.39 is 5.60 Å². The molecule has 0 unspecified atom stereocenters. The van der Waals surface area contributed by atoms with Gasteiger partial charge in [0.15, 0.2) is 0 Å². The van der Waals surface area contributed by atoms with Crippen LogP contribution in [0.2, 0.25) is 0 Å². The van der Waals surface area contributed by atoms with Gasteiger partial charge in [-0.25, -0.2) is 0 Å². The largest absolute Gasteiger partial charge is 0.388 e. The fraction of sp³-hybridized carbons (Fsp3) is 0.615. The van der Waals surface area contributed by atoms with Gasteiger partial charge in [-0.3, -0.25) is 9.88 Å². The number of rotatable bonds is 4. The Hall–Kier alpha value is -0.970. The molecule has 4 heteroatoms. The molecule has 94 valence electrons. The standard InChI is InChI=1S/C13H21N3O/c1-16(10-12-3-2-6-15-9-12)11-13(17)4-7-14-8-5-13/h2-3,6,9,14,17H,4-5,7-8,10-11H2,1H3. The maximum atomic E-state index is 10.4. The van der Waals surface area contributed by atoms with Crippen molar-refractivity contribution in [3.8, 4) is 0 Å². The summed E-state index contributed by atoms with van der Waals surface area (Å²) in [5, 5.41) is 13.7. The quantitative estimate of drug-likeness (QED) is 0.803. The lowest BCUT2D eigenvalue weighted by Gasteiger charge is -2.35. The Bertz CT molecular complexity index is 336. The molecule has 1 aliphatic heterocycles. The molecule has 0 saturated carbocycles. The van der Waals surface area contributed by atoms with Crippen molar-refractivity contribution < 1.29 is 5.11 Å². The van der Waals surface area contributed by atoms with E-state index in [0.717, 1.165) is 39.0 Å².